The van der Waals surface area contributed by atoms with E-state index in [9.17, 15) is 27.9 Å². The van der Waals surface area contributed by atoms with Crippen molar-refractivity contribution in [2.24, 2.45) is 5.92 Å². The summed E-state index contributed by atoms with van der Waals surface area (Å²) >= 11 is 0. The minimum absolute atomic E-state index is 0.00275. The Balaban J connectivity index is 2.28. The smallest absolute Gasteiger partial charge is 0.337 e. The number of aliphatic hydroxyl groups is 1. The van der Waals surface area contributed by atoms with Gasteiger partial charge in [0.15, 0.2) is 6.10 Å². The normalized spacial score (nSPS) is 17.5. The maximum atomic E-state index is 14.3. The Morgan fingerprint density at radius 2 is 1.55 bits per heavy atom. The van der Waals surface area contributed by atoms with E-state index in [-0.39, 0.29) is 12.1 Å². The second-order valence-electron chi connectivity index (χ2n) is 10.4. The summed E-state index contributed by atoms with van der Waals surface area (Å²) in [5.41, 5.74) is 1.25. The molecular formula is C29H37N3O7S. The number of hydrazine groups is 1. The number of amides is 2. The number of carbonyl (C=O) groups is 3. The van der Waals surface area contributed by atoms with Crippen molar-refractivity contribution >= 4 is 33.5 Å². The van der Waals surface area contributed by atoms with Gasteiger partial charge in [-0.05, 0) is 31.7 Å². The minimum Gasteiger partial charge on any atom is -0.461 e. The summed E-state index contributed by atoms with van der Waals surface area (Å²) in [7, 11) is -3.89. The molecule has 11 heteroatoms. The van der Waals surface area contributed by atoms with Crippen molar-refractivity contribution in [3.63, 3.8) is 0 Å². The molecular weight excluding hydrogens is 534 g/mol. The van der Waals surface area contributed by atoms with Crippen molar-refractivity contribution in [2.75, 3.05) is 6.26 Å². The van der Waals surface area contributed by atoms with E-state index in [1.165, 1.54) is 13.1 Å². The average Bonchev–Trinajstić information content (AvgIpc) is 2.88. The highest BCUT2D eigenvalue weighted by atomic mass is 32.2. The van der Waals surface area contributed by atoms with Crippen molar-refractivity contribution < 1.29 is 32.6 Å². The summed E-state index contributed by atoms with van der Waals surface area (Å²) in [4.78, 5) is 40.6. The van der Waals surface area contributed by atoms with Crippen molar-refractivity contribution in [1.82, 2.24) is 14.3 Å². The molecule has 1 aliphatic heterocycles. The first-order valence-corrected chi connectivity index (χ1v) is 14.9. The number of sulfonamides is 1. The molecule has 0 radical (unpaired) electrons. The summed E-state index contributed by atoms with van der Waals surface area (Å²) in [6.07, 6.45) is -0.0117. The highest BCUT2D eigenvalue weighted by molar-refractivity contribution is 7.88. The zero-order valence-electron chi connectivity index (χ0n) is 23.6. The van der Waals surface area contributed by atoms with Gasteiger partial charge < -0.3 is 9.84 Å². The van der Waals surface area contributed by atoms with Crippen LogP contribution in [0.2, 0.25) is 0 Å². The zero-order chi connectivity index (χ0) is 29.8. The first-order chi connectivity index (χ1) is 18.7. The van der Waals surface area contributed by atoms with Gasteiger partial charge in [-0.15, -0.1) is 0 Å². The van der Waals surface area contributed by atoms with Gasteiger partial charge >= 0.3 is 5.97 Å². The average molecular weight is 572 g/mol. The molecule has 1 N–H and O–H groups in total. The Bertz CT molecular complexity index is 1340. The number of aliphatic hydroxyl groups excluding tert-OH is 1. The van der Waals surface area contributed by atoms with Crippen molar-refractivity contribution in [3.05, 3.63) is 78.0 Å². The van der Waals surface area contributed by atoms with Gasteiger partial charge in [0.1, 0.15) is 6.04 Å². The molecule has 3 rings (SSSR count). The molecule has 1 aliphatic rings. The number of benzene rings is 2. The van der Waals surface area contributed by atoms with E-state index >= 15 is 0 Å². The van der Waals surface area contributed by atoms with Gasteiger partial charge in [-0.2, -0.15) is 0 Å². The number of ether oxygens (including phenoxy) is 1. The Labute approximate surface area is 235 Å². The molecule has 0 bridgehead atoms. The number of hydrogen-bond donors (Lipinski definition) is 1. The van der Waals surface area contributed by atoms with Gasteiger partial charge in [0.05, 0.1) is 24.1 Å². The number of esters is 1. The lowest BCUT2D eigenvalue weighted by atomic mass is 9.98. The van der Waals surface area contributed by atoms with E-state index in [2.05, 4.69) is 0 Å². The Hall–Kier alpha value is -3.70. The molecule has 10 nitrogen and oxygen atoms in total. The van der Waals surface area contributed by atoms with Crippen LogP contribution in [-0.4, -0.2) is 76.2 Å². The van der Waals surface area contributed by atoms with Gasteiger partial charge in [-0.25, -0.2) is 23.2 Å². The van der Waals surface area contributed by atoms with E-state index in [4.69, 9.17) is 4.74 Å². The molecule has 0 saturated heterocycles. The lowest BCUT2D eigenvalue weighted by molar-refractivity contribution is -0.177. The van der Waals surface area contributed by atoms with Gasteiger partial charge in [-0.1, -0.05) is 74.5 Å². The lowest BCUT2D eigenvalue weighted by Gasteiger charge is -2.47. The topological polar surface area (TPSA) is 125 Å². The third-order valence-corrected chi connectivity index (χ3v) is 7.49. The third-order valence-electron chi connectivity index (χ3n) is 6.40. The summed E-state index contributed by atoms with van der Waals surface area (Å²) in [5, 5.41) is 13.5. The summed E-state index contributed by atoms with van der Waals surface area (Å²) < 4.78 is 32.0. The van der Waals surface area contributed by atoms with Crippen LogP contribution in [0.5, 0.6) is 0 Å². The SMILES string of the molecule is CC(=O)N([C@@H](Cc1ccccc1)C(O)C(=O)OC(C)C)N1C(=O)C(C(C)C)N(S(C)(=O)=O)C=C1c1ccccc1. The molecule has 2 aromatic rings. The zero-order valence-corrected chi connectivity index (χ0v) is 24.4. The van der Waals surface area contributed by atoms with Crippen LogP contribution < -0.4 is 0 Å². The molecule has 0 saturated carbocycles. The molecule has 2 aromatic carbocycles. The maximum Gasteiger partial charge on any atom is 0.337 e. The molecule has 2 unspecified atom stereocenters. The van der Waals surface area contributed by atoms with Crippen molar-refractivity contribution in [1.29, 1.82) is 0 Å². The molecule has 0 aromatic heterocycles. The fourth-order valence-corrected chi connectivity index (χ4v) is 5.72. The van der Waals surface area contributed by atoms with E-state index in [0.717, 1.165) is 20.6 Å². The van der Waals surface area contributed by atoms with Crippen LogP contribution in [0.25, 0.3) is 5.70 Å². The Kier molecular flexibility index (Phi) is 9.75. The van der Waals surface area contributed by atoms with Crippen LogP contribution in [-0.2, 0) is 35.6 Å². The monoisotopic (exact) mass is 571 g/mol. The standard InChI is InChI=1S/C29H37N3O7S/c1-19(2)26-28(35)32(25(18-30(26)40(6,37)38)23-15-11-8-12-16-23)31(21(5)33)24(17-22-13-9-7-10-14-22)27(34)29(36)39-20(3)4/h7-16,18-20,24,26-27,34H,17H2,1-6H3/t24-,26?,27?/m0/s1. The minimum atomic E-state index is -3.89. The first-order valence-electron chi connectivity index (χ1n) is 13.1. The molecule has 0 aliphatic carbocycles. The number of rotatable bonds is 10. The number of carbonyl (C=O) groups excluding carboxylic acids is 3. The quantitative estimate of drug-likeness (QED) is 0.435. The van der Waals surface area contributed by atoms with Crippen LogP contribution >= 0.6 is 0 Å². The summed E-state index contributed by atoms with van der Waals surface area (Å²) in [5.74, 6) is -2.76. The number of nitrogens with zero attached hydrogens (tertiary/aromatic N) is 3. The lowest BCUT2D eigenvalue weighted by Crippen LogP contribution is -2.64. The predicted molar refractivity (Wildman–Crippen MR) is 150 cm³/mol. The molecule has 3 atom stereocenters. The molecule has 40 heavy (non-hydrogen) atoms. The molecule has 216 valence electrons. The van der Waals surface area contributed by atoms with Crippen LogP contribution in [0.1, 0.15) is 45.7 Å². The van der Waals surface area contributed by atoms with Gasteiger partial charge in [0, 0.05) is 18.7 Å². The van der Waals surface area contributed by atoms with E-state index < -0.39 is 58.0 Å². The predicted octanol–water partition coefficient (Wildman–Crippen LogP) is 2.80. The fraction of sp³-hybridized carbons (Fsp3) is 0.414. The first kappa shape index (κ1) is 30.8. The van der Waals surface area contributed by atoms with Crippen LogP contribution in [0.4, 0.5) is 0 Å². The van der Waals surface area contributed by atoms with Crippen LogP contribution in [0.15, 0.2) is 66.9 Å². The highest BCUT2D eigenvalue weighted by Gasteiger charge is 2.48. The fourth-order valence-electron chi connectivity index (χ4n) is 4.69. The summed E-state index contributed by atoms with van der Waals surface area (Å²) in [6.45, 7) is 7.90. The van der Waals surface area contributed by atoms with E-state index in [0.29, 0.717) is 11.1 Å². The van der Waals surface area contributed by atoms with Gasteiger partial charge in [-0.3, -0.25) is 13.9 Å². The Morgan fingerprint density at radius 1 is 1.00 bits per heavy atom. The van der Waals surface area contributed by atoms with Gasteiger partial charge in [0.2, 0.25) is 15.9 Å². The second kappa shape index (κ2) is 12.6. The molecule has 2 amide bonds. The molecule has 0 spiro atoms. The summed E-state index contributed by atoms with van der Waals surface area (Å²) in [6, 6.07) is 15.0. The van der Waals surface area contributed by atoms with Gasteiger partial charge in [0.25, 0.3) is 5.91 Å². The second-order valence-corrected chi connectivity index (χ2v) is 12.3. The molecule has 0 fully saturated rings. The van der Waals surface area contributed by atoms with E-state index in [1.54, 1.807) is 82.3 Å². The van der Waals surface area contributed by atoms with Crippen LogP contribution in [0, 0.1) is 5.92 Å². The highest BCUT2D eigenvalue weighted by Crippen LogP contribution is 2.34. The van der Waals surface area contributed by atoms with Crippen molar-refractivity contribution in [3.8, 4) is 0 Å². The Morgan fingerprint density at radius 3 is 2.02 bits per heavy atom. The van der Waals surface area contributed by atoms with Crippen molar-refractivity contribution in [2.45, 2.75) is 65.3 Å². The third kappa shape index (κ3) is 6.89. The maximum absolute atomic E-state index is 14.3. The largest absolute Gasteiger partial charge is 0.461 e. The molecule has 1 heterocycles. The van der Waals surface area contributed by atoms with E-state index in [1.807, 2.05) is 6.07 Å². The van der Waals surface area contributed by atoms with Crippen LogP contribution in [0.3, 0.4) is 0 Å². The number of hydrogen-bond acceptors (Lipinski definition) is 7.